The molecule has 0 aliphatic heterocycles. The van der Waals surface area contributed by atoms with Gasteiger partial charge in [0.1, 0.15) is 16.3 Å². The van der Waals surface area contributed by atoms with Crippen LogP contribution < -0.4 is 5.73 Å². The molecule has 0 spiro atoms. The predicted octanol–water partition coefficient (Wildman–Crippen LogP) is 2.88. The van der Waals surface area contributed by atoms with Crippen LogP contribution in [0.4, 0.5) is 5.00 Å². The number of hydrogen-bond donors (Lipinski definition) is 2. The van der Waals surface area contributed by atoms with Crippen molar-refractivity contribution in [1.29, 1.82) is 0 Å². The molecule has 2 aromatic rings. The summed E-state index contributed by atoms with van der Waals surface area (Å²) in [6, 6.07) is 6.61. The third-order valence-corrected chi connectivity index (χ3v) is 3.29. The van der Waals surface area contributed by atoms with Gasteiger partial charge in [0, 0.05) is 10.9 Å². The van der Waals surface area contributed by atoms with E-state index >= 15 is 0 Å². The monoisotopic (exact) mass is 263 g/mol. The lowest BCUT2D eigenvalue weighted by molar-refractivity contribution is 0.0529. The van der Waals surface area contributed by atoms with E-state index in [0.29, 0.717) is 17.2 Å². The SMILES string of the molecule is CCOC(=O)c1c(-c2ccc(O)cc2)csc1N. The van der Waals surface area contributed by atoms with E-state index in [0.717, 1.165) is 11.1 Å². The molecule has 2 rings (SSSR count). The molecule has 18 heavy (non-hydrogen) atoms. The van der Waals surface area contributed by atoms with E-state index in [9.17, 15) is 9.90 Å². The molecular weight excluding hydrogens is 250 g/mol. The van der Waals surface area contributed by atoms with Crippen molar-refractivity contribution in [3.63, 3.8) is 0 Å². The first-order chi connectivity index (χ1) is 8.63. The van der Waals surface area contributed by atoms with Crippen molar-refractivity contribution in [3.8, 4) is 16.9 Å². The number of esters is 1. The number of thiophene rings is 1. The second-order valence-electron chi connectivity index (χ2n) is 3.66. The summed E-state index contributed by atoms with van der Waals surface area (Å²) < 4.78 is 4.99. The van der Waals surface area contributed by atoms with Crippen LogP contribution in [0.1, 0.15) is 17.3 Å². The highest BCUT2D eigenvalue weighted by Crippen LogP contribution is 2.34. The summed E-state index contributed by atoms with van der Waals surface area (Å²) >= 11 is 1.30. The zero-order chi connectivity index (χ0) is 13.1. The number of carbonyl (C=O) groups excluding carboxylic acids is 1. The van der Waals surface area contributed by atoms with Crippen molar-refractivity contribution >= 4 is 22.3 Å². The molecule has 3 N–H and O–H groups in total. The summed E-state index contributed by atoms with van der Waals surface area (Å²) in [7, 11) is 0. The number of nitrogen functional groups attached to an aromatic ring is 1. The maximum Gasteiger partial charge on any atom is 0.341 e. The van der Waals surface area contributed by atoms with Gasteiger partial charge < -0.3 is 15.6 Å². The van der Waals surface area contributed by atoms with Gasteiger partial charge in [-0.1, -0.05) is 12.1 Å². The molecule has 5 heteroatoms. The van der Waals surface area contributed by atoms with E-state index in [-0.39, 0.29) is 5.75 Å². The highest BCUT2D eigenvalue weighted by Gasteiger charge is 2.19. The van der Waals surface area contributed by atoms with Gasteiger partial charge in [0.2, 0.25) is 0 Å². The Balaban J connectivity index is 2.45. The largest absolute Gasteiger partial charge is 0.508 e. The van der Waals surface area contributed by atoms with Gasteiger partial charge in [-0.2, -0.15) is 0 Å². The first-order valence-corrected chi connectivity index (χ1v) is 6.35. The molecule has 1 aromatic heterocycles. The fourth-order valence-electron chi connectivity index (χ4n) is 1.64. The molecule has 0 fully saturated rings. The van der Waals surface area contributed by atoms with Crippen molar-refractivity contribution in [2.45, 2.75) is 6.92 Å². The van der Waals surface area contributed by atoms with Crippen molar-refractivity contribution < 1.29 is 14.6 Å². The minimum absolute atomic E-state index is 0.180. The average molecular weight is 263 g/mol. The smallest absolute Gasteiger partial charge is 0.341 e. The van der Waals surface area contributed by atoms with Crippen LogP contribution >= 0.6 is 11.3 Å². The van der Waals surface area contributed by atoms with E-state index in [1.807, 2.05) is 5.38 Å². The Morgan fingerprint density at radius 3 is 2.67 bits per heavy atom. The molecule has 0 amide bonds. The van der Waals surface area contributed by atoms with Crippen LogP contribution in [-0.2, 0) is 4.74 Å². The lowest BCUT2D eigenvalue weighted by Crippen LogP contribution is -2.07. The Bertz CT molecular complexity index is 560. The topological polar surface area (TPSA) is 72.5 Å². The average Bonchev–Trinajstić information content (AvgIpc) is 2.72. The fourth-order valence-corrected chi connectivity index (χ4v) is 2.45. The quantitative estimate of drug-likeness (QED) is 0.835. The molecule has 0 atom stereocenters. The van der Waals surface area contributed by atoms with Crippen molar-refractivity contribution in [3.05, 3.63) is 35.2 Å². The van der Waals surface area contributed by atoms with E-state index in [4.69, 9.17) is 10.5 Å². The van der Waals surface area contributed by atoms with Crippen LogP contribution in [0.15, 0.2) is 29.6 Å². The standard InChI is InChI=1S/C13H13NO3S/c1-2-17-13(16)11-10(7-18-12(11)14)8-3-5-9(15)6-4-8/h3-7,15H,2,14H2,1H3. The number of carbonyl (C=O) groups is 1. The van der Waals surface area contributed by atoms with Crippen LogP contribution in [-0.4, -0.2) is 17.7 Å². The van der Waals surface area contributed by atoms with Crippen LogP contribution in [0.25, 0.3) is 11.1 Å². The number of phenols is 1. The van der Waals surface area contributed by atoms with E-state index < -0.39 is 5.97 Å². The van der Waals surface area contributed by atoms with Gasteiger partial charge in [0.25, 0.3) is 0 Å². The Morgan fingerprint density at radius 1 is 1.39 bits per heavy atom. The van der Waals surface area contributed by atoms with Crippen LogP contribution in [0.5, 0.6) is 5.75 Å². The van der Waals surface area contributed by atoms with Gasteiger partial charge in [-0.3, -0.25) is 0 Å². The first kappa shape index (κ1) is 12.4. The molecule has 94 valence electrons. The molecule has 0 bridgehead atoms. The third-order valence-electron chi connectivity index (χ3n) is 2.48. The minimum Gasteiger partial charge on any atom is -0.508 e. The fraction of sp³-hybridized carbons (Fsp3) is 0.154. The van der Waals surface area contributed by atoms with Crippen molar-refractivity contribution in [2.24, 2.45) is 0 Å². The highest BCUT2D eigenvalue weighted by atomic mass is 32.1. The van der Waals surface area contributed by atoms with E-state index in [1.165, 1.54) is 11.3 Å². The van der Waals surface area contributed by atoms with Gasteiger partial charge in [0.15, 0.2) is 0 Å². The van der Waals surface area contributed by atoms with Crippen LogP contribution in [0.2, 0.25) is 0 Å². The predicted molar refractivity (Wildman–Crippen MR) is 71.8 cm³/mol. The Kier molecular flexibility index (Phi) is 3.53. The van der Waals surface area contributed by atoms with Crippen LogP contribution in [0, 0.1) is 0 Å². The van der Waals surface area contributed by atoms with Gasteiger partial charge >= 0.3 is 5.97 Å². The summed E-state index contributed by atoms with van der Waals surface area (Å²) in [6.07, 6.45) is 0. The number of anilines is 1. The van der Waals surface area contributed by atoms with Gasteiger partial charge in [0.05, 0.1) is 6.61 Å². The Morgan fingerprint density at radius 2 is 2.06 bits per heavy atom. The summed E-state index contributed by atoms with van der Waals surface area (Å²) in [5.41, 5.74) is 7.76. The zero-order valence-electron chi connectivity index (χ0n) is 9.84. The number of benzene rings is 1. The number of phenolic OH excluding ortho intramolecular Hbond substituents is 1. The zero-order valence-corrected chi connectivity index (χ0v) is 10.7. The molecule has 0 aliphatic rings. The molecule has 1 heterocycles. The molecular formula is C13H13NO3S. The molecule has 1 aromatic carbocycles. The van der Waals surface area contributed by atoms with E-state index in [1.54, 1.807) is 31.2 Å². The number of hydrogen-bond acceptors (Lipinski definition) is 5. The van der Waals surface area contributed by atoms with E-state index in [2.05, 4.69) is 0 Å². The van der Waals surface area contributed by atoms with Gasteiger partial charge in [-0.25, -0.2) is 4.79 Å². The highest BCUT2D eigenvalue weighted by molar-refractivity contribution is 7.14. The molecule has 4 nitrogen and oxygen atoms in total. The Hall–Kier alpha value is -2.01. The van der Waals surface area contributed by atoms with Crippen LogP contribution in [0.3, 0.4) is 0 Å². The molecule has 0 saturated carbocycles. The first-order valence-electron chi connectivity index (χ1n) is 5.47. The molecule has 0 aliphatic carbocycles. The minimum atomic E-state index is -0.417. The number of ether oxygens (including phenoxy) is 1. The van der Waals surface area contributed by atoms with Crippen molar-refractivity contribution in [2.75, 3.05) is 12.3 Å². The lowest BCUT2D eigenvalue weighted by atomic mass is 10.0. The molecule has 0 unspecified atom stereocenters. The molecule has 0 radical (unpaired) electrons. The number of aromatic hydroxyl groups is 1. The summed E-state index contributed by atoms with van der Waals surface area (Å²) in [5, 5.41) is 11.5. The third kappa shape index (κ3) is 2.31. The summed E-state index contributed by atoms with van der Waals surface area (Å²) in [5.74, 6) is -0.237. The maximum absolute atomic E-state index is 11.8. The maximum atomic E-state index is 11.8. The number of rotatable bonds is 3. The summed E-state index contributed by atoms with van der Waals surface area (Å²) in [4.78, 5) is 11.8. The lowest BCUT2D eigenvalue weighted by Gasteiger charge is -2.05. The second-order valence-corrected chi connectivity index (χ2v) is 4.57. The Labute approximate surface area is 109 Å². The normalized spacial score (nSPS) is 10.3. The van der Waals surface area contributed by atoms with Gasteiger partial charge in [-0.15, -0.1) is 11.3 Å². The molecule has 0 saturated heterocycles. The van der Waals surface area contributed by atoms with Crippen molar-refractivity contribution in [1.82, 2.24) is 0 Å². The van der Waals surface area contributed by atoms with Gasteiger partial charge in [-0.05, 0) is 24.6 Å². The second kappa shape index (κ2) is 5.10. The summed E-state index contributed by atoms with van der Waals surface area (Å²) in [6.45, 7) is 2.06. The number of nitrogens with two attached hydrogens (primary N) is 1.